The molecule has 0 aromatic heterocycles. The lowest BCUT2D eigenvalue weighted by molar-refractivity contribution is 0.476. The molecule has 21 heavy (non-hydrogen) atoms. The molecular weight excluding hydrogens is 256 g/mol. The van der Waals surface area contributed by atoms with Gasteiger partial charge in [0.15, 0.2) is 0 Å². The molecule has 0 aliphatic rings. The zero-order valence-electron chi connectivity index (χ0n) is 13.2. The van der Waals surface area contributed by atoms with E-state index in [1.54, 1.807) is 0 Å². The largest absolute Gasteiger partial charge is 0.507 e. The van der Waals surface area contributed by atoms with Crippen LogP contribution in [0.5, 0.6) is 5.75 Å². The summed E-state index contributed by atoms with van der Waals surface area (Å²) in [6.45, 7) is 4.43. The monoisotopic (exact) mass is 282 g/mol. The van der Waals surface area contributed by atoms with Crippen LogP contribution in [0.3, 0.4) is 0 Å². The van der Waals surface area contributed by atoms with Gasteiger partial charge in [0.25, 0.3) is 0 Å². The zero-order chi connectivity index (χ0) is 15.1. The van der Waals surface area contributed by atoms with Crippen molar-refractivity contribution in [3.63, 3.8) is 0 Å². The number of hydrogen-bond donors (Lipinski definition) is 1. The predicted molar refractivity (Wildman–Crippen MR) is 90.8 cm³/mol. The lowest BCUT2D eigenvalue weighted by Gasteiger charge is -2.16. The highest BCUT2D eigenvalue weighted by Gasteiger charge is 2.13. The van der Waals surface area contributed by atoms with Crippen LogP contribution in [0.15, 0.2) is 42.5 Å². The first-order valence-electron chi connectivity index (χ1n) is 8.17. The summed E-state index contributed by atoms with van der Waals surface area (Å²) in [4.78, 5) is 0. The minimum atomic E-state index is 0.406. The lowest BCUT2D eigenvalue weighted by Crippen LogP contribution is -1.98. The standard InChI is InChI=1S/C20H26O/c1-3-5-6-10-13-18-16(4-2)14-15-19(21)20(18)17-11-8-7-9-12-17/h7-9,11-12,14-15,21H,3-6,10,13H2,1-2H3. The van der Waals surface area contributed by atoms with Crippen LogP contribution < -0.4 is 0 Å². The zero-order valence-corrected chi connectivity index (χ0v) is 13.2. The maximum atomic E-state index is 10.4. The Bertz CT molecular complexity index is 558. The van der Waals surface area contributed by atoms with E-state index in [4.69, 9.17) is 0 Å². The molecule has 0 aliphatic carbocycles. The van der Waals surface area contributed by atoms with Gasteiger partial charge < -0.3 is 5.11 Å². The van der Waals surface area contributed by atoms with Crippen molar-refractivity contribution in [2.24, 2.45) is 0 Å². The molecule has 0 saturated heterocycles. The molecule has 0 aliphatic heterocycles. The summed E-state index contributed by atoms with van der Waals surface area (Å²) in [6.07, 6.45) is 7.09. The maximum Gasteiger partial charge on any atom is 0.123 e. The number of rotatable bonds is 7. The van der Waals surface area contributed by atoms with E-state index in [-0.39, 0.29) is 0 Å². The van der Waals surface area contributed by atoms with Gasteiger partial charge in [-0.15, -0.1) is 0 Å². The summed E-state index contributed by atoms with van der Waals surface area (Å²) in [7, 11) is 0. The van der Waals surface area contributed by atoms with E-state index in [2.05, 4.69) is 32.0 Å². The number of benzene rings is 2. The van der Waals surface area contributed by atoms with Crippen molar-refractivity contribution in [2.45, 2.75) is 52.4 Å². The van der Waals surface area contributed by atoms with Crippen molar-refractivity contribution in [1.29, 1.82) is 0 Å². The van der Waals surface area contributed by atoms with E-state index in [9.17, 15) is 5.11 Å². The number of aromatic hydroxyl groups is 1. The van der Waals surface area contributed by atoms with Crippen molar-refractivity contribution >= 4 is 0 Å². The molecule has 2 rings (SSSR count). The first kappa shape index (κ1) is 15.6. The van der Waals surface area contributed by atoms with Crippen LogP contribution in [0.25, 0.3) is 11.1 Å². The van der Waals surface area contributed by atoms with E-state index >= 15 is 0 Å². The third-order valence-corrected chi connectivity index (χ3v) is 4.11. The molecule has 0 atom stereocenters. The van der Waals surface area contributed by atoms with Gasteiger partial charge >= 0.3 is 0 Å². The minimum absolute atomic E-state index is 0.406. The van der Waals surface area contributed by atoms with Gasteiger partial charge in [-0.2, -0.15) is 0 Å². The smallest absolute Gasteiger partial charge is 0.123 e. The van der Waals surface area contributed by atoms with Gasteiger partial charge in [0.05, 0.1) is 0 Å². The first-order chi connectivity index (χ1) is 10.3. The number of unbranched alkanes of at least 4 members (excludes halogenated alkanes) is 3. The Morgan fingerprint density at radius 1 is 0.857 bits per heavy atom. The Labute approximate surface area is 128 Å². The third kappa shape index (κ3) is 3.87. The van der Waals surface area contributed by atoms with E-state index in [0.717, 1.165) is 24.0 Å². The summed E-state index contributed by atoms with van der Waals surface area (Å²) in [5.41, 5.74) is 4.85. The molecule has 0 fully saturated rings. The summed E-state index contributed by atoms with van der Waals surface area (Å²) in [5.74, 6) is 0.406. The summed E-state index contributed by atoms with van der Waals surface area (Å²) >= 11 is 0. The molecule has 0 bridgehead atoms. The van der Waals surface area contributed by atoms with Crippen molar-refractivity contribution in [2.75, 3.05) is 0 Å². The SMILES string of the molecule is CCCCCCc1c(CC)ccc(O)c1-c1ccccc1. The van der Waals surface area contributed by atoms with Crippen LogP contribution >= 0.6 is 0 Å². The molecule has 1 nitrogen and oxygen atoms in total. The molecule has 0 spiro atoms. The lowest BCUT2D eigenvalue weighted by atomic mass is 9.90. The molecular formula is C20H26O. The van der Waals surface area contributed by atoms with Crippen LogP contribution in [0.1, 0.15) is 50.7 Å². The van der Waals surface area contributed by atoms with Gasteiger partial charge in [0.1, 0.15) is 5.75 Å². The summed E-state index contributed by atoms with van der Waals surface area (Å²) in [6, 6.07) is 14.2. The van der Waals surface area contributed by atoms with Gasteiger partial charge in [-0.05, 0) is 42.0 Å². The Balaban J connectivity index is 2.37. The molecule has 0 heterocycles. The van der Waals surface area contributed by atoms with E-state index < -0.39 is 0 Å². The maximum absolute atomic E-state index is 10.4. The molecule has 0 amide bonds. The summed E-state index contributed by atoms with van der Waals surface area (Å²) in [5, 5.41) is 10.4. The fraction of sp³-hybridized carbons (Fsp3) is 0.400. The fourth-order valence-corrected chi connectivity index (χ4v) is 2.95. The minimum Gasteiger partial charge on any atom is -0.507 e. The van der Waals surface area contributed by atoms with E-state index in [1.807, 2.05) is 24.3 Å². The number of phenolic OH excluding ortho intramolecular Hbond substituents is 1. The highest BCUT2D eigenvalue weighted by molar-refractivity contribution is 5.75. The van der Waals surface area contributed by atoms with Gasteiger partial charge in [-0.25, -0.2) is 0 Å². The van der Waals surface area contributed by atoms with Gasteiger partial charge in [0, 0.05) is 5.56 Å². The van der Waals surface area contributed by atoms with Crippen LogP contribution in [0.2, 0.25) is 0 Å². The Morgan fingerprint density at radius 3 is 2.29 bits per heavy atom. The molecule has 0 radical (unpaired) electrons. The Morgan fingerprint density at radius 2 is 1.62 bits per heavy atom. The second-order valence-corrected chi connectivity index (χ2v) is 5.63. The average Bonchev–Trinajstić information content (AvgIpc) is 2.52. The normalized spacial score (nSPS) is 10.8. The molecule has 1 N–H and O–H groups in total. The second-order valence-electron chi connectivity index (χ2n) is 5.63. The van der Waals surface area contributed by atoms with Crippen molar-refractivity contribution in [3.05, 3.63) is 53.6 Å². The number of phenols is 1. The van der Waals surface area contributed by atoms with Crippen LogP contribution in [-0.2, 0) is 12.8 Å². The third-order valence-electron chi connectivity index (χ3n) is 4.11. The van der Waals surface area contributed by atoms with Gasteiger partial charge in [0.2, 0.25) is 0 Å². The quantitative estimate of drug-likeness (QED) is 0.641. The molecule has 2 aromatic rings. The van der Waals surface area contributed by atoms with E-state index in [0.29, 0.717) is 5.75 Å². The molecule has 1 heteroatoms. The van der Waals surface area contributed by atoms with E-state index in [1.165, 1.54) is 36.8 Å². The fourth-order valence-electron chi connectivity index (χ4n) is 2.95. The number of hydrogen-bond acceptors (Lipinski definition) is 1. The highest BCUT2D eigenvalue weighted by Crippen LogP contribution is 2.35. The van der Waals surface area contributed by atoms with Crippen molar-refractivity contribution in [3.8, 4) is 16.9 Å². The van der Waals surface area contributed by atoms with Crippen LogP contribution in [0, 0.1) is 0 Å². The molecule has 112 valence electrons. The highest BCUT2D eigenvalue weighted by atomic mass is 16.3. The Hall–Kier alpha value is -1.76. The topological polar surface area (TPSA) is 20.2 Å². The average molecular weight is 282 g/mol. The first-order valence-corrected chi connectivity index (χ1v) is 8.17. The number of aryl methyl sites for hydroxylation is 1. The second kappa shape index (κ2) is 7.87. The predicted octanol–water partition coefficient (Wildman–Crippen LogP) is 5.74. The summed E-state index contributed by atoms with van der Waals surface area (Å²) < 4.78 is 0. The van der Waals surface area contributed by atoms with Crippen LogP contribution in [-0.4, -0.2) is 5.11 Å². The molecule has 2 aromatic carbocycles. The molecule has 0 saturated carbocycles. The van der Waals surface area contributed by atoms with Crippen molar-refractivity contribution < 1.29 is 5.11 Å². The molecule has 0 unspecified atom stereocenters. The van der Waals surface area contributed by atoms with Gasteiger partial charge in [-0.3, -0.25) is 0 Å². The Kier molecular flexibility index (Phi) is 5.86. The van der Waals surface area contributed by atoms with Crippen molar-refractivity contribution in [1.82, 2.24) is 0 Å². The van der Waals surface area contributed by atoms with Gasteiger partial charge in [-0.1, -0.05) is 69.5 Å². The van der Waals surface area contributed by atoms with Crippen LogP contribution in [0.4, 0.5) is 0 Å².